The third-order valence-corrected chi connectivity index (χ3v) is 4.58. The Balaban J connectivity index is 1.85. The van der Waals surface area contributed by atoms with Gasteiger partial charge in [-0.25, -0.2) is 9.78 Å². The Morgan fingerprint density at radius 2 is 2.15 bits per heavy atom. The number of fused-ring (bicyclic) bond motifs is 1. The highest BCUT2D eigenvalue weighted by atomic mass is 32.1. The monoisotopic (exact) mass is 385 g/mol. The van der Waals surface area contributed by atoms with Gasteiger partial charge in [-0.2, -0.15) is 13.2 Å². The first-order chi connectivity index (χ1) is 12.3. The van der Waals surface area contributed by atoms with Crippen molar-refractivity contribution in [3.8, 4) is 11.5 Å². The van der Waals surface area contributed by atoms with E-state index in [1.165, 1.54) is 18.6 Å². The molecule has 3 rings (SSSR count). The minimum atomic E-state index is -4.77. The van der Waals surface area contributed by atoms with Crippen molar-refractivity contribution >= 4 is 23.4 Å². The maximum atomic E-state index is 13.3. The molecule has 0 bridgehead atoms. The van der Waals surface area contributed by atoms with Crippen LogP contribution in [0.4, 0.5) is 13.2 Å². The van der Waals surface area contributed by atoms with Crippen LogP contribution in [0.3, 0.4) is 0 Å². The Morgan fingerprint density at radius 1 is 1.38 bits per heavy atom. The molecule has 0 fully saturated rings. The fourth-order valence-electron chi connectivity index (χ4n) is 2.39. The van der Waals surface area contributed by atoms with Crippen LogP contribution >= 0.6 is 11.3 Å². The maximum absolute atomic E-state index is 13.3. The van der Waals surface area contributed by atoms with Gasteiger partial charge in [-0.05, 0) is 19.1 Å². The van der Waals surface area contributed by atoms with E-state index in [0.29, 0.717) is 22.8 Å². The molecule has 2 heterocycles. The summed E-state index contributed by atoms with van der Waals surface area (Å²) in [7, 11) is 1.47. The molecule has 1 aromatic heterocycles. The van der Waals surface area contributed by atoms with Gasteiger partial charge in [0.15, 0.2) is 11.5 Å². The number of halogens is 3. The lowest BCUT2D eigenvalue weighted by molar-refractivity contribution is -0.222. The quantitative estimate of drug-likeness (QED) is 0.743. The summed E-state index contributed by atoms with van der Waals surface area (Å²) in [6.45, 7) is 1.35. The number of aryl methyl sites for hydroxylation is 1. The Kier molecular flexibility index (Phi) is 4.90. The third kappa shape index (κ3) is 3.67. The zero-order valence-electron chi connectivity index (χ0n) is 13.8. The van der Waals surface area contributed by atoms with Crippen LogP contribution < -0.4 is 9.47 Å². The highest BCUT2D eigenvalue weighted by molar-refractivity contribution is 7.09. The second-order valence-electron chi connectivity index (χ2n) is 5.49. The molecule has 0 amide bonds. The number of thiazole rings is 1. The van der Waals surface area contributed by atoms with Gasteiger partial charge in [-0.3, -0.25) is 0 Å². The van der Waals surface area contributed by atoms with E-state index in [2.05, 4.69) is 4.98 Å². The van der Waals surface area contributed by atoms with Gasteiger partial charge in [0.25, 0.3) is 0 Å². The molecule has 1 aliphatic rings. The van der Waals surface area contributed by atoms with Gasteiger partial charge in [0.1, 0.15) is 11.6 Å². The number of esters is 1. The summed E-state index contributed by atoms with van der Waals surface area (Å²) in [4.78, 5) is 16.1. The van der Waals surface area contributed by atoms with Crippen molar-refractivity contribution in [2.75, 3.05) is 13.7 Å². The average Bonchev–Trinajstić information content (AvgIpc) is 3.03. The molecule has 0 unspecified atom stereocenters. The number of carbonyl (C=O) groups excluding carboxylic acids is 1. The Labute approximate surface area is 151 Å². The minimum Gasteiger partial charge on any atom is -0.493 e. The van der Waals surface area contributed by atoms with E-state index in [1.54, 1.807) is 25.1 Å². The predicted octanol–water partition coefficient (Wildman–Crippen LogP) is 4.08. The van der Waals surface area contributed by atoms with E-state index >= 15 is 0 Å². The second-order valence-corrected chi connectivity index (χ2v) is 6.38. The van der Waals surface area contributed by atoms with Gasteiger partial charge >= 0.3 is 12.1 Å². The molecule has 0 spiro atoms. The zero-order valence-corrected chi connectivity index (χ0v) is 14.6. The van der Waals surface area contributed by atoms with Gasteiger partial charge in [0, 0.05) is 16.6 Å². The minimum absolute atomic E-state index is 0.0201. The average molecular weight is 385 g/mol. The van der Waals surface area contributed by atoms with Crippen LogP contribution in [0.2, 0.25) is 0 Å². The number of ether oxygens (including phenoxy) is 3. The number of aromatic nitrogens is 1. The highest BCUT2D eigenvalue weighted by Gasteiger charge is 2.46. The van der Waals surface area contributed by atoms with E-state index in [1.807, 2.05) is 0 Å². The standard InChI is InChI=1S/C17H14F3NO4S/c1-9-8-26-15(21-9)14(17(18,19)20)25-16(22)11-6-10-4-3-5-12(23-2)13(10)24-7-11/h3-6,8,14H,7H2,1-2H3/t14-/m0/s1. The molecule has 1 aliphatic heterocycles. The topological polar surface area (TPSA) is 57.7 Å². The number of rotatable bonds is 4. The van der Waals surface area contributed by atoms with Crippen LogP contribution in [-0.4, -0.2) is 30.8 Å². The van der Waals surface area contributed by atoms with Crippen molar-refractivity contribution < 1.29 is 32.2 Å². The number of hydrogen-bond acceptors (Lipinski definition) is 6. The van der Waals surface area contributed by atoms with Crippen molar-refractivity contribution in [1.29, 1.82) is 0 Å². The van der Waals surface area contributed by atoms with Gasteiger partial charge < -0.3 is 14.2 Å². The summed E-state index contributed by atoms with van der Waals surface area (Å²) in [5.41, 5.74) is 0.931. The van der Waals surface area contributed by atoms with Crippen LogP contribution in [0.5, 0.6) is 11.5 Å². The SMILES string of the molecule is COc1cccc2c1OCC(C(=O)O[C@@H](c1nc(C)cs1)C(F)(F)F)=C2. The molecule has 0 saturated carbocycles. The molecule has 5 nitrogen and oxygen atoms in total. The lowest BCUT2D eigenvalue weighted by Crippen LogP contribution is -2.28. The van der Waals surface area contributed by atoms with Crippen LogP contribution in [-0.2, 0) is 9.53 Å². The fraction of sp³-hybridized carbons (Fsp3) is 0.294. The maximum Gasteiger partial charge on any atom is 0.432 e. The summed E-state index contributed by atoms with van der Waals surface area (Å²) in [5, 5.41) is 1.15. The fourth-order valence-corrected chi connectivity index (χ4v) is 3.24. The van der Waals surface area contributed by atoms with Crippen LogP contribution in [0.15, 0.2) is 29.2 Å². The number of carbonyl (C=O) groups is 1. The lowest BCUT2D eigenvalue weighted by atomic mass is 10.1. The molecule has 1 aromatic carbocycles. The normalized spacial score (nSPS) is 14.7. The Bertz CT molecular complexity index is 860. The molecule has 2 aromatic rings. The van der Waals surface area contributed by atoms with Crippen LogP contribution in [0.1, 0.15) is 22.4 Å². The van der Waals surface area contributed by atoms with Gasteiger partial charge in [0.2, 0.25) is 6.10 Å². The number of methoxy groups -OCH3 is 1. The first kappa shape index (κ1) is 18.2. The first-order valence-electron chi connectivity index (χ1n) is 7.49. The summed E-state index contributed by atoms with van der Waals surface area (Å²) in [6.07, 6.45) is -5.75. The smallest absolute Gasteiger partial charge is 0.432 e. The van der Waals surface area contributed by atoms with E-state index in [-0.39, 0.29) is 17.2 Å². The van der Waals surface area contributed by atoms with E-state index in [9.17, 15) is 18.0 Å². The van der Waals surface area contributed by atoms with E-state index < -0.39 is 18.2 Å². The summed E-state index contributed by atoms with van der Waals surface area (Å²) in [6, 6.07) is 5.03. The molecule has 0 radical (unpaired) electrons. The number of para-hydroxylation sites is 1. The molecule has 0 N–H and O–H groups in total. The molecule has 0 saturated heterocycles. The first-order valence-corrected chi connectivity index (χ1v) is 8.37. The molecule has 9 heteroatoms. The predicted molar refractivity (Wildman–Crippen MR) is 88.2 cm³/mol. The van der Waals surface area contributed by atoms with Crippen LogP contribution in [0, 0.1) is 6.92 Å². The van der Waals surface area contributed by atoms with Crippen molar-refractivity contribution in [2.45, 2.75) is 19.2 Å². The number of benzene rings is 1. The molecular formula is C17H14F3NO4S. The molecular weight excluding hydrogens is 371 g/mol. The summed E-state index contributed by atoms with van der Waals surface area (Å²) >= 11 is 0.791. The van der Waals surface area contributed by atoms with Gasteiger partial charge in [0.05, 0.1) is 12.7 Å². The van der Waals surface area contributed by atoms with Crippen molar-refractivity contribution in [2.24, 2.45) is 0 Å². The summed E-state index contributed by atoms with van der Waals surface area (Å²) < 4.78 is 55.3. The zero-order chi connectivity index (χ0) is 18.9. The highest BCUT2D eigenvalue weighted by Crippen LogP contribution is 2.39. The largest absolute Gasteiger partial charge is 0.493 e. The number of hydrogen-bond donors (Lipinski definition) is 0. The summed E-state index contributed by atoms with van der Waals surface area (Å²) in [5.74, 6) is -0.208. The van der Waals surface area contributed by atoms with E-state index in [4.69, 9.17) is 14.2 Å². The van der Waals surface area contributed by atoms with Crippen molar-refractivity contribution in [3.05, 3.63) is 45.4 Å². The lowest BCUT2D eigenvalue weighted by Gasteiger charge is -2.22. The second kappa shape index (κ2) is 6.99. The van der Waals surface area contributed by atoms with E-state index in [0.717, 1.165) is 11.3 Å². The third-order valence-electron chi connectivity index (χ3n) is 3.58. The Hall–Kier alpha value is -2.55. The van der Waals surface area contributed by atoms with Gasteiger partial charge in [-0.15, -0.1) is 11.3 Å². The number of alkyl halides is 3. The molecule has 26 heavy (non-hydrogen) atoms. The van der Waals surface area contributed by atoms with Crippen molar-refractivity contribution in [1.82, 2.24) is 4.98 Å². The van der Waals surface area contributed by atoms with Crippen LogP contribution in [0.25, 0.3) is 6.08 Å². The Morgan fingerprint density at radius 3 is 2.77 bits per heavy atom. The molecule has 138 valence electrons. The molecule has 0 aliphatic carbocycles. The number of nitrogens with zero attached hydrogens (tertiary/aromatic N) is 1. The molecule has 1 atom stereocenters. The van der Waals surface area contributed by atoms with Gasteiger partial charge in [-0.1, -0.05) is 12.1 Å². The van der Waals surface area contributed by atoms with Crippen molar-refractivity contribution in [3.63, 3.8) is 0 Å².